The molecule has 0 radical (unpaired) electrons. The van der Waals surface area contributed by atoms with Crippen molar-refractivity contribution < 1.29 is 9.53 Å². The van der Waals surface area contributed by atoms with Crippen molar-refractivity contribution in [2.24, 2.45) is 0 Å². The van der Waals surface area contributed by atoms with Crippen LogP contribution in [0.3, 0.4) is 0 Å². The van der Waals surface area contributed by atoms with E-state index in [0.29, 0.717) is 0 Å². The minimum Gasteiger partial charge on any atom is -0.437 e. The Hall–Kier alpha value is -0.0900. The van der Waals surface area contributed by atoms with Crippen molar-refractivity contribution in [1.82, 2.24) is 4.90 Å². The average Bonchev–Trinajstić information content (AvgIpc) is 1.82. The largest absolute Gasteiger partial charge is 0.437 e. The Balaban J connectivity index is 3.28. The van der Waals surface area contributed by atoms with Crippen molar-refractivity contribution in [1.29, 1.82) is 0 Å². The molecule has 0 N–H and O–H groups in total. The highest BCUT2D eigenvalue weighted by Gasteiger charge is 2.01. The topological polar surface area (TPSA) is 29.5 Å². The van der Waals surface area contributed by atoms with E-state index in [4.69, 9.17) is 10.7 Å². The second-order valence-electron chi connectivity index (χ2n) is 1.53. The summed E-state index contributed by atoms with van der Waals surface area (Å²) in [5.41, 5.74) is 0. The van der Waals surface area contributed by atoms with E-state index in [1.807, 2.05) is 0 Å². The molecular weight excluding hydrogens is 162 g/mol. The maximum absolute atomic E-state index is 10.5. The first-order chi connectivity index (χ1) is 4.18. The minimum absolute atomic E-state index is 0.193. The molecule has 0 heterocycles. The number of rotatable bonds is 2. The normalized spacial score (nSPS) is 8.78. The summed E-state index contributed by atoms with van der Waals surface area (Å²) in [5.74, 6) is 0.193. The molecule has 0 aliphatic heterocycles. The van der Waals surface area contributed by atoms with E-state index >= 15 is 0 Å². The maximum atomic E-state index is 10.5. The van der Waals surface area contributed by atoms with Crippen LogP contribution in [0.25, 0.3) is 0 Å². The molecule has 0 bridgehead atoms. The molecule has 0 aromatic carbocycles. The number of hydrogen-bond acceptors (Lipinski definition) is 3. The molecule has 0 aromatic rings. The van der Waals surface area contributed by atoms with Crippen molar-refractivity contribution in [3.63, 3.8) is 0 Å². The molecule has 0 spiro atoms. The van der Waals surface area contributed by atoms with Gasteiger partial charge in [-0.25, -0.2) is 4.79 Å². The second kappa shape index (κ2) is 4.76. The van der Waals surface area contributed by atoms with Crippen LogP contribution in [0.5, 0.6) is 0 Å². The Morgan fingerprint density at radius 2 is 2.33 bits per heavy atom. The molecule has 1 amide bonds. The molecule has 0 atom stereocenters. The lowest BCUT2D eigenvalue weighted by Gasteiger charge is -2.08. The predicted octanol–water partition coefficient (Wildman–Crippen LogP) is 1.53. The van der Waals surface area contributed by atoms with Crippen LogP contribution >= 0.6 is 21.7 Å². The molecule has 0 aliphatic carbocycles. The zero-order valence-corrected chi connectivity index (χ0v) is 6.83. The molecule has 0 aliphatic rings. The van der Waals surface area contributed by atoms with Gasteiger partial charge in [0, 0.05) is 14.1 Å². The summed E-state index contributed by atoms with van der Waals surface area (Å²) < 4.78 is 4.57. The average molecular weight is 170 g/mol. The van der Waals surface area contributed by atoms with Crippen LogP contribution in [0.2, 0.25) is 0 Å². The predicted molar refractivity (Wildman–Crippen MR) is 38.5 cm³/mol. The van der Waals surface area contributed by atoms with Gasteiger partial charge >= 0.3 is 6.09 Å². The van der Waals surface area contributed by atoms with Crippen molar-refractivity contribution in [3.05, 3.63) is 0 Å². The summed E-state index contributed by atoms with van der Waals surface area (Å²) in [5, 5.41) is 0. The van der Waals surface area contributed by atoms with Crippen LogP contribution in [0.1, 0.15) is 0 Å². The Labute approximate surface area is 62.8 Å². The van der Waals surface area contributed by atoms with Gasteiger partial charge < -0.3 is 9.64 Å². The van der Waals surface area contributed by atoms with Crippen LogP contribution in [0, 0.1) is 0 Å². The number of amides is 1. The van der Waals surface area contributed by atoms with E-state index in [1.165, 1.54) is 4.90 Å². The van der Waals surface area contributed by atoms with Gasteiger partial charge in [0.25, 0.3) is 0 Å². The summed E-state index contributed by atoms with van der Waals surface area (Å²) in [7, 11) is 9.35. The van der Waals surface area contributed by atoms with E-state index in [-0.39, 0.29) is 12.0 Å². The quantitative estimate of drug-likeness (QED) is 0.588. The molecule has 54 valence electrons. The fraction of sp³-hybridized carbons (Fsp3) is 0.750. The summed E-state index contributed by atoms with van der Waals surface area (Å²) >= 11 is 0. The highest BCUT2D eigenvalue weighted by molar-refractivity contribution is 8.20. The monoisotopic (exact) mass is 169 g/mol. The zero-order chi connectivity index (χ0) is 7.28. The number of carbonyl (C=O) groups is 1. The third-order valence-corrected chi connectivity index (χ3v) is 1.07. The van der Waals surface area contributed by atoms with Gasteiger partial charge in [0.15, 0.2) is 5.94 Å². The van der Waals surface area contributed by atoms with Gasteiger partial charge in [0.05, 0.1) is 0 Å². The Morgan fingerprint density at radius 3 is 2.67 bits per heavy atom. The van der Waals surface area contributed by atoms with Gasteiger partial charge in [-0.2, -0.15) is 0 Å². The molecule has 5 heteroatoms. The maximum Gasteiger partial charge on any atom is 0.410 e. The van der Waals surface area contributed by atoms with Crippen molar-refractivity contribution in [2.45, 2.75) is 0 Å². The van der Waals surface area contributed by atoms with E-state index in [9.17, 15) is 4.79 Å². The van der Waals surface area contributed by atoms with Crippen LogP contribution in [-0.4, -0.2) is 31.0 Å². The lowest BCUT2D eigenvalue weighted by molar-refractivity contribution is 0.137. The standard InChI is InChI=1S/C4H8ClNO2S/c1-6(2)4(7)8-3-9-5/h3H2,1-2H3. The third-order valence-electron chi connectivity index (χ3n) is 0.592. The van der Waals surface area contributed by atoms with E-state index in [0.717, 1.165) is 11.0 Å². The fourth-order valence-corrected chi connectivity index (χ4v) is 0.481. The minimum atomic E-state index is -0.372. The van der Waals surface area contributed by atoms with Gasteiger partial charge in [-0.1, -0.05) is 0 Å². The molecule has 0 saturated heterocycles. The summed E-state index contributed by atoms with van der Waals surface area (Å²) in [4.78, 5) is 11.9. The highest BCUT2D eigenvalue weighted by Crippen LogP contribution is 2.05. The molecule has 0 aromatic heterocycles. The molecule has 0 rings (SSSR count). The van der Waals surface area contributed by atoms with E-state index in [2.05, 4.69) is 4.74 Å². The number of halogens is 1. The molecule has 0 saturated carbocycles. The SMILES string of the molecule is CN(C)C(=O)OCSCl. The molecule has 0 unspecified atom stereocenters. The summed E-state index contributed by atoms with van der Waals surface area (Å²) in [6.07, 6.45) is -0.372. The number of hydrogen-bond donors (Lipinski definition) is 0. The summed E-state index contributed by atoms with van der Waals surface area (Å²) in [6, 6.07) is 0. The van der Waals surface area contributed by atoms with E-state index in [1.54, 1.807) is 14.1 Å². The second-order valence-corrected chi connectivity index (χ2v) is 2.64. The first-order valence-corrected chi connectivity index (χ1v) is 4.07. The number of carbonyl (C=O) groups excluding carboxylic acids is 1. The molecule has 9 heavy (non-hydrogen) atoms. The first-order valence-electron chi connectivity index (χ1n) is 2.26. The van der Waals surface area contributed by atoms with Crippen LogP contribution < -0.4 is 0 Å². The Kier molecular flexibility index (Phi) is 4.71. The van der Waals surface area contributed by atoms with Crippen molar-refractivity contribution >= 4 is 27.8 Å². The van der Waals surface area contributed by atoms with Gasteiger partial charge in [-0.15, -0.1) is 0 Å². The zero-order valence-electron chi connectivity index (χ0n) is 5.26. The summed E-state index contributed by atoms with van der Waals surface area (Å²) in [6.45, 7) is 0. The van der Waals surface area contributed by atoms with Gasteiger partial charge in [-0.3, -0.25) is 0 Å². The molecule has 3 nitrogen and oxygen atoms in total. The highest BCUT2D eigenvalue weighted by atomic mass is 35.7. The lowest BCUT2D eigenvalue weighted by Crippen LogP contribution is -2.22. The van der Waals surface area contributed by atoms with Crippen molar-refractivity contribution in [2.75, 3.05) is 20.0 Å². The van der Waals surface area contributed by atoms with Crippen molar-refractivity contribution in [3.8, 4) is 0 Å². The smallest absolute Gasteiger partial charge is 0.410 e. The van der Waals surface area contributed by atoms with Gasteiger partial charge in [0.1, 0.15) is 0 Å². The Bertz CT molecular complexity index is 98.6. The molecule has 0 fully saturated rings. The van der Waals surface area contributed by atoms with E-state index < -0.39 is 0 Å². The first kappa shape index (κ1) is 8.91. The van der Waals surface area contributed by atoms with Crippen LogP contribution in [0.4, 0.5) is 4.79 Å². The van der Waals surface area contributed by atoms with Crippen LogP contribution in [-0.2, 0) is 4.74 Å². The lowest BCUT2D eigenvalue weighted by atomic mass is 10.9. The third kappa shape index (κ3) is 4.42. The van der Waals surface area contributed by atoms with Crippen LogP contribution in [0.15, 0.2) is 0 Å². The van der Waals surface area contributed by atoms with Gasteiger partial charge in [-0.05, 0) is 21.7 Å². The molecular formula is C4H8ClNO2S. The van der Waals surface area contributed by atoms with Gasteiger partial charge in [0.2, 0.25) is 0 Å². The number of nitrogens with zero attached hydrogens (tertiary/aromatic N) is 1. The number of ether oxygens (including phenoxy) is 1. The Morgan fingerprint density at radius 1 is 1.78 bits per heavy atom. The fourth-order valence-electron chi connectivity index (χ4n) is 0.202.